The molecule has 5 nitrogen and oxygen atoms in total. The standard InChI is InChI=1S/C17H20N2O3/c1-4-6-12-7-5-8-13(11(12)2)17(22)19(3)14-9-10-15(20)18-16(14)21/h4-5,7-8,14H,1,6,9-10H2,2-3H3,(H,18,20,21). The Morgan fingerprint density at radius 1 is 1.45 bits per heavy atom. The van der Waals surface area contributed by atoms with Crippen LogP contribution in [0.4, 0.5) is 0 Å². The number of rotatable bonds is 4. The largest absolute Gasteiger partial charge is 0.330 e. The first-order valence-electron chi connectivity index (χ1n) is 7.26. The van der Waals surface area contributed by atoms with Crippen molar-refractivity contribution in [1.82, 2.24) is 10.2 Å². The maximum Gasteiger partial charge on any atom is 0.254 e. The molecule has 0 radical (unpaired) electrons. The zero-order chi connectivity index (χ0) is 16.3. The van der Waals surface area contributed by atoms with E-state index >= 15 is 0 Å². The predicted octanol–water partition coefficient (Wildman–Crippen LogP) is 1.60. The van der Waals surface area contributed by atoms with Gasteiger partial charge < -0.3 is 4.90 Å². The Labute approximate surface area is 130 Å². The maximum atomic E-state index is 12.7. The molecule has 5 heteroatoms. The van der Waals surface area contributed by atoms with Crippen LogP contribution in [0.5, 0.6) is 0 Å². The number of likely N-dealkylation sites (N-methyl/N-ethyl adjacent to an activating group) is 1. The summed E-state index contributed by atoms with van der Waals surface area (Å²) in [4.78, 5) is 37.2. The zero-order valence-electron chi connectivity index (χ0n) is 12.9. The Hall–Kier alpha value is -2.43. The summed E-state index contributed by atoms with van der Waals surface area (Å²) in [6.45, 7) is 5.61. The lowest BCUT2D eigenvalue weighted by molar-refractivity contribution is -0.136. The molecule has 0 saturated carbocycles. The van der Waals surface area contributed by atoms with Crippen molar-refractivity contribution in [2.75, 3.05) is 7.05 Å². The molecular formula is C17H20N2O3. The summed E-state index contributed by atoms with van der Waals surface area (Å²) in [5.41, 5.74) is 2.51. The zero-order valence-corrected chi connectivity index (χ0v) is 12.9. The van der Waals surface area contributed by atoms with Gasteiger partial charge in [-0.05, 0) is 37.0 Å². The van der Waals surface area contributed by atoms with E-state index in [0.29, 0.717) is 18.4 Å². The normalized spacial score (nSPS) is 17.8. The SMILES string of the molecule is C=CCc1cccc(C(=O)N(C)C2CCC(=O)NC2=O)c1C. The number of carbonyl (C=O) groups excluding carboxylic acids is 3. The smallest absolute Gasteiger partial charge is 0.254 e. The number of amides is 3. The van der Waals surface area contributed by atoms with Gasteiger partial charge in [-0.1, -0.05) is 18.2 Å². The van der Waals surface area contributed by atoms with E-state index < -0.39 is 11.9 Å². The monoisotopic (exact) mass is 300 g/mol. The third kappa shape index (κ3) is 3.08. The average Bonchev–Trinajstić information content (AvgIpc) is 2.48. The van der Waals surface area contributed by atoms with Crippen molar-refractivity contribution in [2.24, 2.45) is 0 Å². The molecule has 22 heavy (non-hydrogen) atoms. The van der Waals surface area contributed by atoms with Crippen LogP contribution in [0.1, 0.15) is 34.3 Å². The van der Waals surface area contributed by atoms with Crippen LogP contribution in [0, 0.1) is 6.92 Å². The molecule has 1 unspecified atom stereocenters. The highest BCUT2D eigenvalue weighted by Gasteiger charge is 2.33. The number of piperidine rings is 1. The highest BCUT2D eigenvalue weighted by molar-refractivity contribution is 6.04. The van der Waals surface area contributed by atoms with Crippen LogP contribution < -0.4 is 5.32 Å². The van der Waals surface area contributed by atoms with E-state index in [1.54, 1.807) is 19.2 Å². The number of imide groups is 1. The van der Waals surface area contributed by atoms with E-state index in [9.17, 15) is 14.4 Å². The second kappa shape index (κ2) is 6.56. The van der Waals surface area contributed by atoms with Crippen molar-refractivity contribution >= 4 is 17.7 Å². The molecule has 1 aromatic rings. The molecule has 1 N–H and O–H groups in total. The van der Waals surface area contributed by atoms with Gasteiger partial charge in [-0.3, -0.25) is 19.7 Å². The molecular weight excluding hydrogens is 280 g/mol. The van der Waals surface area contributed by atoms with Crippen LogP contribution in [0.3, 0.4) is 0 Å². The number of benzene rings is 1. The molecule has 2 rings (SSSR count). The van der Waals surface area contributed by atoms with E-state index in [0.717, 1.165) is 11.1 Å². The topological polar surface area (TPSA) is 66.5 Å². The van der Waals surface area contributed by atoms with Crippen molar-refractivity contribution in [3.63, 3.8) is 0 Å². The van der Waals surface area contributed by atoms with Crippen LogP contribution in [0.2, 0.25) is 0 Å². The summed E-state index contributed by atoms with van der Waals surface area (Å²) in [6, 6.07) is 4.94. The minimum atomic E-state index is -0.604. The number of carbonyl (C=O) groups is 3. The van der Waals surface area contributed by atoms with Gasteiger partial charge in [0.1, 0.15) is 6.04 Å². The molecule has 1 aliphatic rings. The van der Waals surface area contributed by atoms with Gasteiger partial charge in [-0.2, -0.15) is 0 Å². The highest BCUT2D eigenvalue weighted by Crippen LogP contribution is 2.19. The molecule has 1 atom stereocenters. The number of hydrogen-bond donors (Lipinski definition) is 1. The van der Waals surface area contributed by atoms with Crippen LogP contribution in [0.15, 0.2) is 30.9 Å². The van der Waals surface area contributed by atoms with Gasteiger partial charge >= 0.3 is 0 Å². The minimum absolute atomic E-state index is 0.210. The Kier molecular flexibility index (Phi) is 4.75. The molecule has 0 bridgehead atoms. The lowest BCUT2D eigenvalue weighted by Crippen LogP contribution is -2.53. The lowest BCUT2D eigenvalue weighted by atomic mass is 9.98. The van der Waals surface area contributed by atoms with E-state index in [1.807, 2.05) is 19.1 Å². The second-order valence-corrected chi connectivity index (χ2v) is 5.47. The Morgan fingerprint density at radius 3 is 2.82 bits per heavy atom. The van der Waals surface area contributed by atoms with Crippen molar-refractivity contribution in [1.29, 1.82) is 0 Å². The molecule has 0 aliphatic carbocycles. The molecule has 0 aromatic heterocycles. The summed E-state index contributed by atoms with van der Waals surface area (Å²) in [5.74, 6) is -0.906. The van der Waals surface area contributed by atoms with Gasteiger partial charge in [-0.25, -0.2) is 0 Å². The molecule has 1 aliphatic heterocycles. The van der Waals surface area contributed by atoms with E-state index in [4.69, 9.17) is 0 Å². The maximum absolute atomic E-state index is 12.7. The molecule has 116 valence electrons. The lowest BCUT2D eigenvalue weighted by Gasteiger charge is -2.30. The van der Waals surface area contributed by atoms with Gasteiger partial charge in [-0.15, -0.1) is 6.58 Å². The Bertz CT molecular complexity index is 637. The molecule has 1 fully saturated rings. The fourth-order valence-corrected chi connectivity index (χ4v) is 2.67. The Balaban J connectivity index is 2.24. The van der Waals surface area contributed by atoms with Crippen LogP contribution in [-0.2, 0) is 16.0 Å². The second-order valence-electron chi connectivity index (χ2n) is 5.47. The van der Waals surface area contributed by atoms with Gasteiger partial charge in [0.25, 0.3) is 5.91 Å². The van der Waals surface area contributed by atoms with Gasteiger partial charge in [0.15, 0.2) is 0 Å². The number of allylic oxidation sites excluding steroid dienone is 1. The summed E-state index contributed by atoms with van der Waals surface area (Å²) in [6.07, 6.45) is 3.09. The van der Waals surface area contributed by atoms with Crippen molar-refractivity contribution in [3.8, 4) is 0 Å². The quantitative estimate of drug-likeness (QED) is 0.678. The van der Waals surface area contributed by atoms with Crippen molar-refractivity contribution in [2.45, 2.75) is 32.2 Å². The summed E-state index contributed by atoms with van der Waals surface area (Å²) >= 11 is 0. The van der Waals surface area contributed by atoms with E-state index in [2.05, 4.69) is 11.9 Å². The Morgan fingerprint density at radius 2 is 2.18 bits per heavy atom. The number of hydrogen-bond acceptors (Lipinski definition) is 3. The molecule has 1 heterocycles. The molecule has 0 spiro atoms. The van der Waals surface area contributed by atoms with E-state index in [1.165, 1.54) is 4.90 Å². The van der Waals surface area contributed by atoms with Gasteiger partial charge in [0.05, 0.1) is 0 Å². The fourth-order valence-electron chi connectivity index (χ4n) is 2.67. The fraction of sp³-hybridized carbons (Fsp3) is 0.353. The molecule has 1 saturated heterocycles. The predicted molar refractivity (Wildman–Crippen MR) is 83.3 cm³/mol. The van der Waals surface area contributed by atoms with Crippen molar-refractivity contribution in [3.05, 3.63) is 47.5 Å². The third-order valence-electron chi connectivity index (χ3n) is 4.04. The first-order chi connectivity index (χ1) is 10.5. The first-order valence-corrected chi connectivity index (χ1v) is 7.26. The summed E-state index contributed by atoms with van der Waals surface area (Å²) < 4.78 is 0. The van der Waals surface area contributed by atoms with E-state index in [-0.39, 0.29) is 18.2 Å². The third-order valence-corrected chi connectivity index (χ3v) is 4.04. The number of nitrogens with one attached hydrogen (secondary N) is 1. The number of nitrogens with zero attached hydrogens (tertiary/aromatic N) is 1. The van der Waals surface area contributed by atoms with Crippen LogP contribution in [-0.4, -0.2) is 35.7 Å². The van der Waals surface area contributed by atoms with Crippen molar-refractivity contribution < 1.29 is 14.4 Å². The summed E-state index contributed by atoms with van der Waals surface area (Å²) in [5, 5.41) is 2.28. The highest BCUT2D eigenvalue weighted by atomic mass is 16.2. The average molecular weight is 300 g/mol. The first kappa shape index (κ1) is 15.9. The molecule has 3 amide bonds. The van der Waals surface area contributed by atoms with Gasteiger partial charge in [0.2, 0.25) is 11.8 Å². The van der Waals surface area contributed by atoms with Crippen LogP contribution >= 0.6 is 0 Å². The summed E-state index contributed by atoms with van der Waals surface area (Å²) in [7, 11) is 1.60. The van der Waals surface area contributed by atoms with Crippen LogP contribution in [0.25, 0.3) is 0 Å². The van der Waals surface area contributed by atoms with Gasteiger partial charge in [0, 0.05) is 19.0 Å². The molecule has 1 aromatic carbocycles. The minimum Gasteiger partial charge on any atom is -0.330 e.